The van der Waals surface area contributed by atoms with Gasteiger partial charge < -0.3 is 15.4 Å². The number of carbonyl (C=O) groups is 2. The number of ether oxygens (including phenoxy) is 1. The van der Waals surface area contributed by atoms with Crippen molar-refractivity contribution in [2.75, 3.05) is 25.2 Å². The first-order chi connectivity index (χ1) is 12.2. The Morgan fingerprint density at radius 1 is 1.15 bits per heavy atom. The SMILES string of the molecule is CNC(=O)c1c(NC(=O)CS(=O)(=O)c2ccc(OC)cc2)sc(C)c1C. The Morgan fingerprint density at radius 2 is 1.77 bits per heavy atom. The molecule has 1 heterocycles. The number of rotatable bonds is 6. The summed E-state index contributed by atoms with van der Waals surface area (Å²) in [5.74, 6) is -1.23. The zero-order valence-electron chi connectivity index (χ0n) is 14.9. The summed E-state index contributed by atoms with van der Waals surface area (Å²) in [6, 6.07) is 5.80. The number of thiophene rings is 1. The third-order valence-corrected chi connectivity index (χ3v) is 6.59. The van der Waals surface area contributed by atoms with Gasteiger partial charge >= 0.3 is 0 Å². The minimum absolute atomic E-state index is 0.0264. The standard InChI is InChI=1S/C17H20N2O5S2/c1-10-11(2)25-17(15(10)16(21)18-3)19-14(20)9-26(22,23)13-7-5-12(24-4)6-8-13/h5-8H,9H2,1-4H3,(H,18,21)(H,19,20). The fourth-order valence-corrected chi connectivity index (χ4v) is 4.52. The molecule has 26 heavy (non-hydrogen) atoms. The summed E-state index contributed by atoms with van der Waals surface area (Å²) < 4.78 is 29.8. The zero-order valence-corrected chi connectivity index (χ0v) is 16.5. The van der Waals surface area contributed by atoms with Crippen LogP contribution in [0.1, 0.15) is 20.8 Å². The molecule has 7 nitrogen and oxygen atoms in total. The highest BCUT2D eigenvalue weighted by Gasteiger charge is 2.23. The average molecular weight is 396 g/mol. The van der Waals surface area contributed by atoms with Crippen LogP contribution in [0.5, 0.6) is 5.75 Å². The van der Waals surface area contributed by atoms with Gasteiger partial charge in [0.1, 0.15) is 16.5 Å². The molecule has 1 aromatic heterocycles. The maximum absolute atomic E-state index is 12.4. The van der Waals surface area contributed by atoms with Crippen molar-refractivity contribution in [3.8, 4) is 5.75 Å². The molecule has 0 aliphatic rings. The van der Waals surface area contributed by atoms with Crippen molar-refractivity contribution in [3.63, 3.8) is 0 Å². The summed E-state index contributed by atoms with van der Waals surface area (Å²) in [5.41, 5.74) is 1.10. The minimum Gasteiger partial charge on any atom is -0.497 e. The van der Waals surface area contributed by atoms with Crippen LogP contribution in [0.3, 0.4) is 0 Å². The number of hydrogen-bond acceptors (Lipinski definition) is 6. The number of hydrogen-bond donors (Lipinski definition) is 2. The van der Waals surface area contributed by atoms with Gasteiger partial charge in [-0.1, -0.05) is 0 Å². The third kappa shape index (κ3) is 4.23. The zero-order chi connectivity index (χ0) is 19.5. The van der Waals surface area contributed by atoms with E-state index in [0.29, 0.717) is 16.3 Å². The van der Waals surface area contributed by atoms with E-state index in [9.17, 15) is 18.0 Å². The summed E-state index contributed by atoms with van der Waals surface area (Å²) in [6.07, 6.45) is 0. The van der Waals surface area contributed by atoms with E-state index >= 15 is 0 Å². The average Bonchev–Trinajstić information content (AvgIpc) is 2.87. The van der Waals surface area contributed by atoms with Gasteiger partial charge in [0.25, 0.3) is 5.91 Å². The summed E-state index contributed by atoms with van der Waals surface area (Å²) in [7, 11) is -0.837. The van der Waals surface area contributed by atoms with Crippen LogP contribution >= 0.6 is 11.3 Å². The Morgan fingerprint density at radius 3 is 2.31 bits per heavy atom. The molecule has 0 atom stereocenters. The van der Waals surface area contributed by atoms with Crippen molar-refractivity contribution < 1.29 is 22.7 Å². The number of aryl methyl sites for hydroxylation is 1. The number of benzene rings is 1. The van der Waals surface area contributed by atoms with Crippen LogP contribution in [0.2, 0.25) is 0 Å². The second-order valence-electron chi connectivity index (χ2n) is 5.55. The number of anilines is 1. The lowest BCUT2D eigenvalue weighted by molar-refractivity contribution is -0.113. The molecule has 0 saturated heterocycles. The highest BCUT2D eigenvalue weighted by Crippen LogP contribution is 2.32. The highest BCUT2D eigenvalue weighted by molar-refractivity contribution is 7.92. The second kappa shape index (κ2) is 7.88. The molecule has 2 rings (SSSR count). The highest BCUT2D eigenvalue weighted by atomic mass is 32.2. The molecule has 0 unspecified atom stereocenters. The lowest BCUT2D eigenvalue weighted by atomic mass is 10.1. The van der Waals surface area contributed by atoms with Gasteiger partial charge in [-0.05, 0) is 43.7 Å². The van der Waals surface area contributed by atoms with Crippen LogP contribution in [0.15, 0.2) is 29.2 Å². The number of carbonyl (C=O) groups excluding carboxylic acids is 2. The third-order valence-electron chi connectivity index (χ3n) is 3.83. The molecule has 0 aliphatic carbocycles. The Kier molecular flexibility index (Phi) is 6.04. The van der Waals surface area contributed by atoms with Gasteiger partial charge in [-0.15, -0.1) is 11.3 Å². The monoisotopic (exact) mass is 396 g/mol. The van der Waals surface area contributed by atoms with Crippen molar-refractivity contribution in [2.45, 2.75) is 18.7 Å². The molecule has 0 radical (unpaired) electrons. The minimum atomic E-state index is -3.81. The Hall–Kier alpha value is -2.39. The normalized spacial score (nSPS) is 11.1. The van der Waals surface area contributed by atoms with E-state index in [0.717, 1.165) is 10.4 Å². The fourth-order valence-electron chi connectivity index (χ4n) is 2.32. The van der Waals surface area contributed by atoms with Crippen LogP contribution in [0, 0.1) is 13.8 Å². The smallest absolute Gasteiger partial charge is 0.254 e. The molecule has 0 saturated carbocycles. The van der Waals surface area contributed by atoms with Crippen LogP contribution in [-0.2, 0) is 14.6 Å². The Labute approximate surface area is 156 Å². The first-order valence-corrected chi connectivity index (χ1v) is 10.1. The molecular formula is C17H20N2O5S2. The van der Waals surface area contributed by atoms with Crippen molar-refractivity contribution in [3.05, 3.63) is 40.3 Å². The van der Waals surface area contributed by atoms with E-state index in [1.807, 2.05) is 6.92 Å². The number of amides is 2. The van der Waals surface area contributed by atoms with Crippen LogP contribution < -0.4 is 15.4 Å². The molecule has 0 bridgehead atoms. The molecule has 0 fully saturated rings. The van der Waals surface area contributed by atoms with Crippen LogP contribution in [-0.4, -0.2) is 40.1 Å². The topological polar surface area (TPSA) is 102 Å². The molecule has 2 aromatic rings. The Balaban J connectivity index is 2.20. The van der Waals surface area contributed by atoms with Crippen LogP contribution in [0.4, 0.5) is 5.00 Å². The van der Waals surface area contributed by atoms with Crippen molar-refractivity contribution in [2.24, 2.45) is 0 Å². The summed E-state index contributed by atoms with van der Waals surface area (Å²) in [5, 5.41) is 5.41. The predicted octanol–water partition coefficient (Wildman–Crippen LogP) is 2.15. The molecule has 2 N–H and O–H groups in total. The molecule has 9 heteroatoms. The van der Waals surface area contributed by atoms with Gasteiger partial charge in [-0.2, -0.15) is 0 Å². The van der Waals surface area contributed by atoms with E-state index in [1.165, 1.54) is 49.8 Å². The van der Waals surface area contributed by atoms with Crippen molar-refractivity contribution in [1.29, 1.82) is 0 Å². The lowest BCUT2D eigenvalue weighted by Gasteiger charge is -2.08. The van der Waals surface area contributed by atoms with E-state index < -0.39 is 21.5 Å². The van der Waals surface area contributed by atoms with Crippen LogP contribution in [0.25, 0.3) is 0 Å². The van der Waals surface area contributed by atoms with E-state index in [4.69, 9.17) is 4.74 Å². The molecule has 140 valence electrons. The van der Waals surface area contributed by atoms with Gasteiger partial charge in [0, 0.05) is 11.9 Å². The molecule has 0 spiro atoms. The summed E-state index contributed by atoms with van der Waals surface area (Å²) >= 11 is 1.24. The summed E-state index contributed by atoms with van der Waals surface area (Å²) in [6.45, 7) is 3.61. The van der Waals surface area contributed by atoms with Gasteiger partial charge in [0.2, 0.25) is 5.91 Å². The van der Waals surface area contributed by atoms with E-state index in [2.05, 4.69) is 10.6 Å². The van der Waals surface area contributed by atoms with Gasteiger partial charge in [0.15, 0.2) is 9.84 Å². The Bertz CT molecular complexity index is 931. The summed E-state index contributed by atoms with van der Waals surface area (Å²) in [4.78, 5) is 25.2. The van der Waals surface area contributed by atoms with Crippen molar-refractivity contribution in [1.82, 2.24) is 5.32 Å². The molecular weight excluding hydrogens is 376 g/mol. The van der Waals surface area contributed by atoms with Gasteiger partial charge in [0.05, 0.1) is 17.6 Å². The molecule has 1 aromatic carbocycles. The number of methoxy groups -OCH3 is 1. The lowest BCUT2D eigenvalue weighted by Crippen LogP contribution is -2.25. The number of nitrogens with one attached hydrogen (secondary N) is 2. The van der Waals surface area contributed by atoms with Gasteiger partial charge in [-0.3, -0.25) is 9.59 Å². The first kappa shape index (κ1) is 19.9. The quantitative estimate of drug-likeness (QED) is 0.779. The fraction of sp³-hybridized carbons (Fsp3) is 0.294. The van der Waals surface area contributed by atoms with E-state index in [-0.39, 0.29) is 10.8 Å². The predicted molar refractivity (Wildman–Crippen MR) is 101 cm³/mol. The first-order valence-electron chi connectivity index (χ1n) is 7.68. The van der Waals surface area contributed by atoms with E-state index in [1.54, 1.807) is 6.92 Å². The number of sulfone groups is 1. The molecule has 2 amide bonds. The maximum atomic E-state index is 12.4. The maximum Gasteiger partial charge on any atom is 0.254 e. The largest absolute Gasteiger partial charge is 0.497 e. The second-order valence-corrected chi connectivity index (χ2v) is 8.76. The van der Waals surface area contributed by atoms with Crippen molar-refractivity contribution >= 4 is 38.0 Å². The molecule has 0 aliphatic heterocycles. The van der Waals surface area contributed by atoms with Gasteiger partial charge in [-0.25, -0.2) is 8.42 Å².